The molecule has 0 fully saturated rings. The van der Waals surface area contributed by atoms with Crippen LogP contribution >= 0.6 is 11.3 Å². The van der Waals surface area contributed by atoms with Crippen LogP contribution in [0.5, 0.6) is 0 Å². The monoisotopic (exact) mass is 539 g/mol. The number of nitrogens with one attached hydrogen (secondary N) is 2. The lowest BCUT2D eigenvalue weighted by Gasteiger charge is -2.35. The van der Waals surface area contributed by atoms with Gasteiger partial charge < -0.3 is 16.4 Å². The Hall–Kier alpha value is -3.88. The minimum Gasteiger partial charge on any atom is -0.343 e. The number of hydrogen-bond acceptors (Lipinski definition) is 6. The fourth-order valence-corrected chi connectivity index (χ4v) is 6.00. The van der Waals surface area contributed by atoms with Crippen LogP contribution in [-0.2, 0) is 16.6 Å². The van der Waals surface area contributed by atoms with Gasteiger partial charge in [-0.1, -0.05) is 31.2 Å². The molecule has 0 spiro atoms. The lowest BCUT2D eigenvalue weighted by atomic mass is 9.71. The molecule has 0 saturated carbocycles. The number of benzene rings is 2. The molecule has 2 heterocycles. The molecule has 0 bridgehead atoms. The number of nitrogens with zero attached hydrogens (tertiary/aromatic N) is 2. The van der Waals surface area contributed by atoms with E-state index < -0.39 is 0 Å². The zero-order chi connectivity index (χ0) is 27.6. The van der Waals surface area contributed by atoms with E-state index in [2.05, 4.69) is 51.8 Å². The fraction of sp³-hybridized carbons (Fsp3) is 0.290. The zero-order valence-electron chi connectivity index (χ0n) is 22.5. The molecule has 1 aliphatic carbocycles. The number of thiazole rings is 1. The standard InChI is InChI=1S/C31H33N5O2S/c1-19-12-25(13-20(2)34-19)22-6-4-7-23(14-22)27-17-39-30(35-27)36-28(37)16-33-29(38)24-10-9-21-8-5-11-31(3,18-32)26(21)15-24/h4,6-7,9-10,12-15,17H,5,8,11,16,18,32H2,1-3H3,(H,33,38)(H,35,36,37)/t31-/m0/s1. The summed E-state index contributed by atoms with van der Waals surface area (Å²) in [6, 6.07) is 18.0. The number of carbonyl (C=O) groups excluding carboxylic acids is 2. The van der Waals surface area contributed by atoms with E-state index >= 15 is 0 Å². The van der Waals surface area contributed by atoms with Gasteiger partial charge in [-0.15, -0.1) is 11.3 Å². The molecule has 0 aliphatic heterocycles. The van der Waals surface area contributed by atoms with Gasteiger partial charge in [0, 0.05) is 39.9 Å². The maximum absolute atomic E-state index is 12.8. The molecule has 4 aromatic rings. The second kappa shape index (κ2) is 11.1. The molecule has 4 N–H and O–H groups in total. The summed E-state index contributed by atoms with van der Waals surface area (Å²) >= 11 is 1.35. The highest BCUT2D eigenvalue weighted by Gasteiger charge is 2.31. The van der Waals surface area contributed by atoms with Crippen LogP contribution < -0.4 is 16.4 Å². The van der Waals surface area contributed by atoms with E-state index in [4.69, 9.17) is 5.73 Å². The average Bonchev–Trinajstić information content (AvgIpc) is 3.40. The van der Waals surface area contributed by atoms with Crippen molar-refractivity contribution in [2.45, 2.75) is 45.4 Å². The molecule has 0 radical (unpaired) electrons. The number of anilines is 1. The van der Waals surface area contributed by atoms with E-state index in [0.717, 1.165) is 58.6 Å². The van der Waals surface area contributed by atoms with Crippen LogP contribution in [0.25, 0.3) is 22.4 Å². The van der Waals surface area contributed by atoms with Gasteiger partial charge in [0.05, 0.1) is 12.2 Å². The Morgan fingerprint density at radius 2 is 1.77 bits per heavy atom. The zero-order valence-corrected chi connectivity index (χ0v) is 23.3. The molecule has 0 saturated heterocycles. The van der Waals surface area contributed by atoms with Gasteiger partial charge in [0.25, 0.3) is 5.91 Å². The first-order valence-electron chi connectivity index (χ1n) is 13.2. The number of hydrogen-bond donors (Lipinski definition) is 3. The second-order valence-corrected chi connectivity index (χ2v) is 11.3. The van der Waals surface area contributed by atoms with Crippen LogP contribution in [0.2, 0.25) is 0 Å². The molecular weight excluding hydrogens is 506 g/mol. The van der Waals surface area contributed by atoms with Gasteiger partial charge in [-0.2, -0.15) is 0 Å². The third kappa shape index (κ3) is 5.92. The SMILES string of the molecule is Cc1cc(-c2cccc(-c3csc(NC(=O)CNC(=O)c4ccc5c(c4)[C@](C)(CN)CCC5)n3)c2)cc(C)n1. The van der Waals surface area contributed by atoms with Gasteiger partial charge in [-0.25, -0.2) is 4.98 Å². The molecule has 2 aromatic heterocycles. The van der Waals surface area contributed by atoms with Gasteiger partial charge in [0.1, 0.15) is 0 Å². The average molecular weight is 540 g/mol. The minimum atomic E-state index is -0.328. The molecule has 7 nitrogen and oxygen atoms in total. The largest absolute Gasteiger partial charge is 0.343 e. The van der Waals surface area contributed by atoms with E-state index in [9.17, 15) is 9.59 Å². The summed E-state index contributed by atoms with van der Waals surface area (Å²) in [5, 5.41) is 7.93. The quantitative estimate of drug-likeness (QED) is 0.291. The van der Waals surface area contributed by atoms with Crippen molar-refractivity contribution in [3.05, 3.63) is 88.1 Å². The van der Waals surface area contributed by atoms with Crippen molar-refractivity contribution in [1.82, 2.24) is 15.3 Å². The highest BCUT2D eigenvalue weighted by molar-refractivity contribution is 7.14. The lowest BCUT2D eigenvalue weighted by molar-refractivity contribution is -0.115. The van der Waals surface area contributed by atoms with Crippen molar-refractivity contribution in [3.63, 3.8) is 0 Å². The third-order valence-corrected chi connectivity index (χ3v) is 8.14. The molecule has 1 aliphatic rings. The predicted molar refractivity (Wildman–Crippen MR) is 157 cm³/mol. The summed E-state index contributed by atoms with van der Waals surface area (Å²) in [4.78, 5) is 34.5. The number of amides is 2. The second-order valence-electron chi connectivity index (χ2n) is 10.5. The van der Waals surface area contributed by atoms with Crippen LogP contribution in [0.3, 0.4) is 0 Å². The van der Waals surface area contributed by atoms with Crippen molar-refractivity contribution < 1.29 is 9.59 Å². The Kier molecular flexibility index (Phi) is 7.59. The molecule has 2 aromatic carbocycles. The summed E-state index contributed by atoms with van der Waals surface area (Å²) in [5.74, 6) is -0.610. The first kappa shape index (κ1) is 26.7. The molecule has 39 heavy (non-hydrogen) atoms. The predicted octanol–water partition coefficient (Wildman–Crippen LogP) is 5.41. The van der Waals surface area contributed by atoms with Gasteiger partial charge >= 0.3 is 0 Å². The van der Waals surface area contributed by atoms with Crippen molar-refractivity contribution in [2.24, 2.45) is 5.73 Å². The maximum atomic E-state index is 12.8. The Morgan fingerprint density at radius 1 is 1.00 bits per heavy atom. The minimum absolute atomic E-state index is 0.125. The highest BCUT2D eigenvalue weighted by atomic mass is 32.1. The van der Waals surface area contributed by atoms with Crippen molar-refractivity contribution in [2.75, 3.05) is 18.4 Å². The molecule has 200 valence electrons. The number of pyridine rings is 1. The van der Waals surface area contributed by atoms with E-state index in [1.807, 2.05) is 49.6 Å². The molecule has 0 unspecified atom stereocenters. The molecule has 5 rings (SSSR count). The van der Waals surface area contributed by atoms with Crippen LogP contribution in [0, 0.1) is 13.8 Å². The normalized spacial score (nSPS) is 16.4. The van der Waals surface area contributed by atoms with Crippen LogP contribution in [0.15, 0.2) is 60.0 Å². The summed E-state index contributed by atoms with van der Waals surface area (Å²) < 4.78 is 0. The number of nitrogens with two attached hydrogens (primary N) is 1. The van der Waals surface area contributed by atoms with Crippen LogP contribution in [0.1, 0.15) is 52.6 Å². The summed E-state index contributed by atoms with van der Waals surface area (Å²) in [7, 11) is 0. The molecule has 2 amide bonds. The van der Waals surface area contributed by atoms with E-state index in [1.165, 1.54) is 16.9 Å². The van der Waals surface area contributed by atoms with Gasteiger partial charge in [0.15, 0.2) is 5.13 Å². The smallest absolute Gasteiger partial charge is 0.251 e. The number of fused-ring (bicyclic) bond motifs is 1. The van der Waals surface area contributed by atoms with Crippen molar-refractivity contribution in [3.8, 4) is 22.4 Å². The summed E-state index contributed by atoms with van der Waals surface area (Å²) in [6.45, 7) is 6.52. The lowest BCUT2D eigenvalue weighted by Crippen LogP contribution is -2.36. The number of rotatable bonds is 7. The van der Waals surface area contributed by atoms with Gasteiger partial charge in [-0.3, -0.25) is 14.6 Å². The van der Waals surface area contributed by atoms with Gasteiger partial charge in [0.2, 0.25) is 5.91 Å². The van der Waals surface area contributed by atoms with E-state index in [1.54, 1.807) is 0 Å². The van der Waals surface area contributed by atoms with Crippen molar-refractivity contribution in [1.29, 1.82) is 0 Å². The van der Waals surface area contributed by atoms with Crippen LogP contribution in [-0.4, -0.2) is 34.9 Å². The summed E-state index contributed by atoms with van der Waals surface area (Å²) in [6.07, 6.45) is 3.10. The van der Waals surface area contributed by atoms with Crippen LogP contribution in [0.4, 0.5) is 5.13 Å². The number of aromatic nitrogens is 2. The molecule has 8 heteroatoms. The number of aryl methyl sites for hydroxylation is 3. The molecular formula is C31H33N5O2S. The Labute approximate surface area is 232 Å². The first-order chi connectivity index (χ1) is 18.7. The summed E-state index contributed by atoms with van der Waals surface area (Å²) in [5.41, 5.74) is 14.7. The topological polar surface area (TPSA) is 110 Å². The first-order valence-corrected chi connectivity index (χ1v) is 14.1. The maximum Gasteiger partial charge on any atom is 0.251 e. The highest BCUT2D eigenvalue weighted by Crippen LogP contribution is 2.37. The van der Waals surface area contributed by atoms with E-state index in [0.29, 0.717) is 17.2 Å². The molecule has 1 atom stereocenters. The van der Waals surface area contributed by atoms with Gasteiger partial charge in [-0.05, 0) is 85.7 Å². The van der Waals surface area contributed by atoms with Crippen molar-refractivity contribution >= 4 is 28.3 Å². The Bertz CT molecular complexity index is 1530. The Morgan fingerprint density at radius 3 is 2.54 bits per heavy atom. The number of carbonyl (C=O) groups is 2. The van der Waals surface area contributed by atoms with E-state index in [-0.39, 0.29) is 23.8 Å². The fourth-order valence-electron chi connectivity index (χ4n) is 5.26. The Balaban J connectivity index is 1.22. The third-order valence-electron chi connectivity index (χ3n) is 7.38.